The number of halogens is 1. The van der Waals surface area contributed by atoms with Gasteiger partial charge in [0.05, 0.1) is 0 Å². The van der Waals surface area contributed by atoms with Crippen LogP contribution in [0.5, 0.6) is 0 Å². The van der Waals surface area contributed by atoms with Crippen LogP contribution in [0.1, 0.15) is 6.92 Å². The maximum Gasteiger partial charge on any atom is 0.123 e. The molecule has 0 saturated heterocycles. The van der Waals surface area contributed by atoms with E-state index in [2.05, 4.69) is 0 Å². The molecule has 1 atom stereocenters. The van der Waals surface area contributed by atoms with E-state index in [4.69, 9.17) is 5.11 Å². The minimum atomic E-state index is -0.444. The summed E-state index contributed by atoms with van der Waals surface area (Å²) in [6.07, 6.45) is 0. The second-order valence-electron chi connectivity index (χ2n) is 2.17. The molecule has 0 heterocycles. The number of aliphatic hydroxyl groups is 1. The van der Waals surface area contributed by atoms with Crippen LogP contribution in [0, 0.1) is 5.82 Å². The zero-order valence-electron chi connectivity index (χ0n) is 6.12. The van der Waals surface area contributed by atoms with E-state index < -0.39 is 5.44 Å². The van der Waals surface area contributed by atoms with Gasteiger partial charge < -0.3 is 5.11 Å². The monoisotopic (exact) mass is 172 g/mol. The van der Waals surface area contributed by atoms with Crippen molar-refractivity contribution in [3.8, 4) is 0 Å². The molecule has 0 fully saturated rings. The lowest BCUT2D eigenvalue weighted by molar-refractivity contribution is 0.284. The van der Waals surface area contributed by atoms with Crippen LogP contribution in [0.4, 0.5) is 4.39 Å². The maximum atomic E-state index is 12.4. The van der Waals surface area contributed by atoms with Gasteiger partial charge in [-0.1, -0.05) is 11.8 Å². The predicted molar refractivity (Wildman–Crippen MR) is 43.9 cm³/mol. The highest BCUT2D eigenvalue weighted by Gasteiger charge is 1.98. The second kappa shape index (κ2) is 3.74. The summed E-state index contributed by atoms with van der Waals surface area (Å²) < 4.78 is 12.4. The fourth-order valence-electron chi connectivity index (χ4n) is 0.710. The van der Waals surface area contributed by atoms with Crippen molar-refractivity contribution in [1.29, 1.82) is 0 Å². The molecule has 1 aromatic carbocycles. The molecule has 0 amide bonds. The van der Waals surface area contributed by atoms with E-state index in [1.54, 1.807) is 19.1 Å². The molecule has 60 valence electrons. The third-order valence-electron chi connectivity index (χ3n) is 1.12. The Bertz CT molecular complexity index is 220. The zero-order valence-corrected chi connectivity index (χ0v) is 6.94. The van der Waals surface area contributed by atoms with Crippen molar-refractivity contribution < 1.29 is 9.50 Å². The quantitative estimate of drug-likeness (QED) is 0.545. The average Bonchev–Trinajstić information content (AvgIpc) is 1.93. The Hall–Kier alpha value is -0.540. The van der Waals surface area contributed by atoms with Gasteiger partial charge in [0.15, 0.2) is 0 Å². The lowest BCUT2D eigenvalue weighted by atomic mass is 10.4. The molecule has 1 unspecified atom stereocenters. The number of benzene rings is 1. The molecule has 0 aliphatic carbocycles. The lowest BCUT2D eigenvalue weighted by Crippen LogP contribution is -1.90. The summed E-state index contributed by atoms with van der Waals surface area (Å²) in [5, 5.41) is 8.94. The third kappa shape index (κ3) is 2.91. The molecule has 1 rings (SSSR count). The maximum absolute atomic E-state index is 12.4. The fourth-order valence-corrected chi connectivity index (χ4v) is 1.40. The molecule has 1 N–H and O–H groups in total. The van der Waals surface area contributed by atoms with Crippen LogP contribution in [0.3, 0.4) is 0 Å². The molecule has 3 heteroatoms. The Morgan fingerprint density at radius 1 is 1.36 bits per heavy atom. The van der Waals surface area contributed by atoms with Gasteiger partial charge in [0.2, 0.25) is 0 Å². The summed E-state index contributed by atoms with van der Waals surface area (Å²) >= 11 is 1.30. The van der Waals surface area contributed by atoms with Crippen LogP contribution in [0.2, 0.25) is 0 Å². The van der Waals surface area contributed by atoms with Crippen LogP contribution in [0.15, 0.2) is 29.2 Å². The number of hydrogen-bond donors (Lipinski definition) is 1. The van der Waals surface area contributed by atoms with Crippen molar-refractivity contribution in [1.82, 2.24) is 0 Å². The first-order valence-corrected chi connectivity index (χ1v) is 4.17. The molecule has 0 aliphatic rings. The molecule has 0 bridgehead atoms. The number of hydrogen-bond acceptors (Lipinski definition) is 2. The molecule has 0 saturated carbocycles. The van der Waals surface area contributed by atoms with Crippen LogP contribution in [-0.2, 0) is 0 Å². The zero-order chi connectivity index (χ0) is 8.27. The molecular formula is C8H9FOS. The van der Waals surface area contributed by atoms with Crippen molar-refractivity contribution in [3.05, 3.63) is 30.1 Å². The molecule has 0 spiro atoms. The van der Waals surface area contributed by atoms with Gasteiger partial charge in [0.25, 0.3) is 0 Å². The predicted octanol–water partition coefficient (Wildman–Crippen LogP) is 2.26. The highest BCUT2D eigenvalue weighted by Crippen LogP contribution is 2.21. The van der Waals surface area contributed by atoms with E-state index in [1.807, 2.05) is 0 Å². The molecule has 0 aliphatic heterocycles. The number of aliphatic hydroxyl groups excluding tert-OH is 1. The number of rotatable bonds is 2. The largest absolute Gasteiger partial charge is 0.382 e. The highest BCUT2D eigenvalue weighted by atomic mass is 32.2. The normalized spacial score (nSPS) is 13.0. The first kappa shape index (κ1) is 8.56. The van der Waals surface area contributed by atoms with E-state index in [9.17, 15) is 4.39 Å². The molecule has 1 aromatic rings. The minimum Gasteiger partial charge on any atom is -0.382 e. The van der Waals surface area contributed by atoms with Gasteiger partial charge in [-0.05, 0) is 31.2 Å². The van der Waals surface area contributed by atoms with E-state index in [0.29, 0.717) is 0 Å². The standard InChI is InChI=1S/C8H9FOS/c1-6(10)11-8-4-2-7(9)3-5-8/h2-6,10H,1H3. The van der Waals surface area contributed by atoms with Gasteiger partial charge >= 0.3 is 0 Å². The van der Waals surface area contributed by atoms with Crippen molar-refractivity contribution in [3.63, 3.8) is 0 Å². The SMILES string of the molecule is CC(O)Sc1ccc(F)cc1. The van der Waals surface area contributed by atoms with E-state index >= 15 is 0 Å². The average molecular weight is 172 g/mol. The van der Waals surface area contributed by atoms with Crippen molar-refractivity contribution >= 4 is 11.8 Å². The van der Waals surface area contributed by atoms with Gasteiger partial charge in [-0.25, -0.2) is 4.39 Å². The lowest BCUT2D eigenvalue weighted by Gasteiger charge is -2.02. The Morgan fingerprint density at radius 3 is 2.36 bits per heavy atom. The summed E-state index contributed by atoms with van der Waals surface area (Å²) in [5.41, 5.74) is -0.444. The van der Waals surface area contributed by atoms with Crippen molar-refractivity contribution in [2.24, 2.45) is 0 Å². The summed E-state index contributed by atoms with van der Waals surface area (Å²) in [7, 11) is 0. The van der Waals surface area contributed by atoms with Crippen molar-refractivity contribution in [2.75, 3.05) is 0 Å². The van der Waals surface area contributed by atoms with Crippen molar-refractivity contribution in [2.45, 2.75) is 17.3 Å². The molecule has 0 radical (unpaired) electrons. The summed E-state index contributed by atoms with van der Waals surface area (Å²) in [5.74, 6) is -0.250. The first-order valence-electron chi connectivity index (χ1n) is 3.29. The Morgan fingerprint density at radius 2 is 1.91 bits per heavy atom. The minimum absolute atomic E-state index is 0.250. The Balaban J connectivity index is 2.66. The smallest absolute Gasteiger partial charge is 0.123 e. The molecule has 1 nitrogen and oxygen atoms in total. The Kier molecular flexibility index (Phi) is 2.91. The topological polar surface area (TPSA) is 20.2 Å². The molecule has 0 aromatic heterocycles. The van der Waals surface area contributed by atoms with Crippen LogP contribution >= 0.6 is 11.8 Å². The summed E-state index contributed by atoms with van der Waals surface area (Å²) in [4.78, 5) is 0.876. The third-order valence-corrected chi connectivity index (χ3v) is 2.01. The van der Waals surface area contributed by atoms with E-state index in [-0.39, 0.29) is 5.82 Å². The van der Waals surface area contributed by atoms with E-state index in [0.717, 1.165) is 4.90 Å². The summed E-state index contributed by atoms with van der Waals surface area (Å²) in [6, 6.07) is 6.05. The Labute approximate surface area is 69.2 Å². The van der Waals surface area contributed by atoms with Gasteiger partial charge in [-0.2, -0.15) is 0 Å². The number of thioether (sulfide) groups is 1. The second-order valence-corrected chi connectivity index (χ2v) is 3.56. The fraction of sp³-hybridized carbons (Fsp3) is 0.250. The molecule has 11 heavy (non-hydrogen) atoms. The van der Waals surface area contributed by atoms with Gasteiger partial charge in [0, 0.05) is 4.90 Å². The van der Waals surface area contributed by atoms with Gasteiger partial charge in [-0.15, -0.1) is 0 Å². The van der Waals surface area contributed by atoms with Crippen LogP contribution in [-0.4, -0.2) is 10.5 Å². The highest BCUT2D eigenvalue weighted by molar-refractivity contribution is 7.99. The first-order chi connectivity index (χ1) is 5.18. The van der Waals surface area contributed by atoms with Crippen LogP contribution < -0.4 is 0 Å². The van der Waals surface area contributed by atoms with E-state index in [1.165, 1.54) is 23.9 Å². The van der Waals surface area contributed by atoms with Crippen LogP contribution in [0.25, 0.3) is 0 Å². The van der Waals surface area contributed by atoms with Gasteiger partial charge in [0.1, 0.15) is 11.3 Å². The van der Waals surface area contributed by atoms with Gasteiger partial charge in [-0.3, -0.25) is 0 Å². The summed E-state index contributed by atoms with van der Waals surface area (Å²) in [6.45, 7) is 1.67. The molecular weight excluding hydrogens is 163 g/mol.